The van der Waals surface area contributed by atoms with Gasteiger partial charge in [-0.25, -0.2) is 0 Å². The van der Waals surface area contributed by atoms with Gasteiger partial charge in [-0.1, -0.05) is 0 Å². The van der Waals surface area contributed by atoms with Gasteiger partial charge in [-0.3, -0.25) is 15.2 Å². The summed E-state index contributed by atoms with van der Waals surface area (Å²) < 4.78 is 11.1. The lowest BCUT2D eigenvalue weighted by Crippen LogP contribution is -2.08. The number of ether oxygens (including phenoxy) is 2. The minimum atomic E-state index is -0.409. The van der Waals surface area contributed by atoms with Crippen molar-refractivity contribution in [1.29, 1.82) is 0 Å². The van der Waals surface area contributed by atoms with E-state index in [9.17, 15) is 10.1 Å². The molecule has 0 aromatic carbocycles. The maximum absolute atomic E-state index is 11.0. The summed E-state index contributed by atoms with van der Waals surface area (Å²) in [6.45, 7) is 2.21. The summed E-state index contributed by atoms with van der Waals surface area (Å²) >= 11 is 0. The van der Waals surface area contributed by atoms with Gasteiger partial charge < -0.3 is 9.47 Å². The van der Waals surface area contributed by atoms with Crippen molar-refractivity contribution in [3.05, 3.63) is 21.5 Å². The number of nitrogens with zero attached hydrogens (tertiary/aromatic N) is 2. The summed E-state index contributed by atoms with van der Waals surface area (Å²) in [6, 6.07) is 0. The average Bonchev–Trinajstić information content (AvgIpc) is 2.91. The zero-order chi connectivity index (χ0) is 12.0. The molecule has 0 spiro atoms. The fraction of sp³-hybridized carbons (Fsp3) is 0.700. The molecule has 0 bridgehead atoms. The number of fused-ring (bicyclic) bond motifs is 1. The third-order valence-corrected chi connectivity index (χ3v) is 3.28. The molecule has 2 saturated heterocycles. The molecular weight excluding hydrogens is 226 g/mol. The molecule has 0 saturated carbocycles. The Kier molecular flexibility index (Phi) is 2.37. The van der Waals surface area contributed by atoms with Gasteiger partial charge >= 0.3 is 5.69 Å². The van der Waals surface area contributed by atoms with Gasteiger partial charge in [-0.2, -0.15) is 5.10 Å². The Morgan fingerprint density at radius 2 is 2.35 bits per heavy atom. The van der Waals surface area contributed by atoms with Gasteiger partial charge in [-0.05, 0) is 13.3 Å². The van der Waals surface area contributed by atoms with Crippen LogP contribution in [-0.4, -0.2) is 33.9 Å². The SMILES string of the molecule is Cc1[nH]nc(C2CC3OC3CCO2)c1[N+](=O)[O-]. The van der Waals surface area contributed by atoms with Crippen LogP contribution < -0.4 is 0 Å². The van der Waals surface area contributed by atoms with Crippen LogP contribution in [0.4, 0.5) is 5.69 Å². The Labute approximate surface area is 97.3 Å². The molecule has 17 heavy (non-hydrogen) atoms. The first kappa shape index (κ1) is 10.7. The first-order valence-corrected chi connectivity index (χ1v) is 5.63. The first-order chi connectivity index (χ1) is 8.16. The van der Waals surface area contributed by atoms with Gasteiger partial charge in [0.05, 0.1) is 23.7 Å². The Hall–Kier alpha value is -1.47. The van der Waals surface area contributed by atoms with Crippen molar-refractivity contribution in [3.8, 4) is 0 Å². The van der Waals surface area contributed by atoms with Gasteiger partial charge in [0, 0.05) is 6.42 Å². The van der Waals surface area contributed by atoms with Crippen molar-refractivity contribution in [1.82, 2.24) is 10.2 Å². The van der Waals surface area contributed by atoms with Crippen LogP contribution in [0.3, 0.4) is 0 Å². The van der Waals surface area contributed by atoms with Crippen LogP contribution >= 0.6 is 0 Å². The fourth-order valence-corrected chi connectivity index (χ4v) is 2.33. The summed E-state index contributed by atoms with van der Waals surface area (Å²) in [4.78, 5) is 10.6. The second-order valence-corrected chi connectivity index (χ2v) is 4.44. The Morgan fingerprint density at radius 1 is 1.53 bits per heavy atom. The van der Waals surface area contributed by atoms with Crippen LogP contribution in [0, 0.1) is 17.0 Å². The Morgan fingerprint density at radius 3 is 3.12 bits per heavy atom. The molecule has 7 heteroatoms. The number of nitrogens with one attached hydrogen (secondary N) is 1. The maximum atomic E-state index is 11.0. The van der Waals surface area contributed by atoms with Crippen LogP contribution in [0.25, 0.3) is 0 Å². The highest BCUT2D eigenvalue weighted by Gasteiger charge is 2.44. The molecule has 1 aromatic heterocycles. The van der Waals surface area contributed by atoms with E-state index in [1.807, 2.05) is 0 Å². The predicted octanol–water partition coefficient (Wildman–Crippen LogP) is 1.25. The molecule has 3 atom stereocenters. The smallest absolute Gasteiger partial charge is 0.315 e. The first-order valence-electron chi connectivity index (χ1n) is 5.63. The summed E-state index contributed by atoms with van der Waals surface area (Å²) in [6.07, 6.45) is 1.63. The average molecular weight is 239 g/mol. The number of rotatable bonds is 2. The van der Waals surface area contributed by atoms with Crippen molar-refractivity contribution in [2.24, 2.45) is 0 Å². The quantitative estimate of drug-likeness (QED) is 0.476. The lowest BCUT2D eigenvalue weighted by molar-refractivity contribution is -0.386. The standard InChI is InChI=1S/C10H13N3O4/c1-5-10(13(14)15)9(12-11-5)8-4-7-6(17-7)2-3-16-8/h6-8H,2-4H2,1H3,(H,11,12). The molecule has 0 amide bonds. The highest BCUT2D eigenvalue weighted by atomic mass is 16.6. The number of aromatic amines is 1. The van der Waals surface area contributed by atoms with E-state index >= 15 is 0 Å². The molecule has 3 unspecified atom stereocenters. The molecule has 0 radical (unpaired) electrons. The van der Waals surface area contributed by atoms with E-state index in [1.165, 1.54) is 0 Å². The lowest BCUT2D eigenvalue weighted by atomic mass is 10.1. The Balaban J connectivity index is 1.89. The fourth-order valence-electron chi connectivity index (χ4n) is 2.33. The van der Waals surface area contributed by atoms with E-state index in [2.05, 4.69) is 10.2 Å². The highest BCUT2D eigenvalue weighted by molar-refractivity contribution is 5.41. The summed E-state index contributed by atoms with van der Waals surface area (Å²) in [5, 5.41) is 17.6. The van der Waals surface area contributed by atoms with E-state index in [0.717, 1.165) is 6.42 Å². The molecule has 1 N–H and O–H groups in total. The van der Waals surface area contributed by atoms with E-state index in [4.69, 9.17) is 9.47 Å². The van der Waals surface area contributed by atoms with Crippen LogP contribution in [-0.2, 0) is 9.47 Å². The molecule has 3 heterocycles. The van der Waals surface area contributed by atoms with Crippen molar-refractivity contribution < 1.29 is 14.4 Å². The van der Waals surface area contributed by atoms with E-state index in [-0.39, 0.29) is 24.0 Å². The minimum absolute atomic E-state index is 0.0362. The van der Waals surface area contributed by atoms with Crippen molar-refractivity contribution in [2.75, 3.05) is 6.61 Å². The number of hydrogen-bond acceptors (Lipinski definition) is 5. The van der Waals surface area contributed by atoms with Gasteiger partial charge in [0.15, 0.2) is 5.69 Å². The Bertz CT molecular complexity index is 458. The van der Waals surface area contributed by atoms with Gasteiger partial charge in [0.25, 0.3) is 0 Å². The number of nitro groups is 1. The van der Waals surface area contributed by atoms with Crippen LogP contribution in [0.5, 0.6) is 0 Å². The van der Waals surface area contributed by atoms with Gasteiger partial charge in [-0.15, -0.1) is 0 Å². The second-order valence-electron chi connectivity index (χ2n) is 4.44. The van der Waals surface area contributed by atoms with Crippen LogP contribution in [0.2, 0.25) is 0 Å². The number of epoxide rings is 1. The lowest BCUT2D eigenvalue weighted by Gasteiger charge is -2.12. The second kappa shape index (κ2) is 3.78. The number of aromatic nitrogens is 2. The normalized spacial score (nSPS) is 31.7. The third-order valence-electron chi connectivity index (χ3n) is 3.28. The van der Waals surface area contributed by atoms with E-state index in [1.54, 1.807) is 6.92 Å². The zero-order valence-electron chi connectivity index (χ0n) is 9.38. The number of H-pyrrole nitrogens is 1. The van der Waals surface area contributed by atoms with Crippen LogP contribution in [0.15, 0.2) is 0 Å². The molecule has 7 nitrogen and oxygen atoms in total. The van der Waals surface area contributed by atoms with Crippen LogP contribution in [0.1, 0.15) is 30.3 Å². The molecule has 3 rings (SSSR count). The van der Waals surface area contributed by atoms with Crippen molar-refractivity contribution in [3.63, 3.8) is 0 Å². The van der Waals surface area contributed by atoms with E-state index in [0.29, 0.717) is 24.4 Å². The molecule has 2 aliphatic heterocycles. The zero-order valence-corrected chi connectivity index (χ0v) is 9.38. The molecule has 92 valence electrons. The molecule has 0 aliphatic carbocycles. The number of hydrogen-bond donors (Lipinski definition) is 1. The molecule has 2 aliphatic rings. The summed E-state index contributed by atoms with van der Waals surface area (Å²) in [5.41, 5.74) is 0.892. The summed E-state index contributed by atoms with van der Waals surface area (Å²) in [7, 11) is 0. The molecular formula is C10H13N3O4. The van der Waals surface area contributed by atoms with Crippen molar-refractivity contribution in [2.45, 2.75) is 38.1 Å². The largest absolute Gasteiger partial charge is 0.371 e. The highest BCUT2D eigenvalue weighted by Crippen LogP contribution is 2.40. The monoisotopic (exact) mass is 239 g/mol. The molecule has 1 aromatic rings. The van der Waals surface area contributed by atoms with E-state index < -0.39 is 4.92 Å². The van der Waals surface area contributed by atoms with Gasteiger partial charge in [0.1, 0.15) is 11.8 Å². The minimum Gasteiger partial charge on any atom is -0.371 e. The summed E-state index contributed by atoms with van der Waals surface area (Å²) in [5.74, 6) is 0. The topological polar surface area (TPSA) is 93.6 Å². The van der Waals surface area contributed by atoms with Gasteiger partial charge in [0.2, 0.25) is 0 Å². The maximum Gasteiger partial charge on any atom is 0.315 e. The number of aryl methyl sites for hydroxylation is 1. The van der Waals surface area contributed by atoms with Crippen molar-refractivity contribution >= 4 is 5.69 Å². The molecule has 2 fully saturated rings. The predicted molar refractivity (Wildman–Crippen MR) is 56.6 cm³/mol. The third kappa shape index (κ3) is 1.81.